The first-order valence-corrected chi connectivity index (χ1v) is 8.54. The molecule has 29 heavy (non-hydrogen) atoms. The molecular formula is C19H17N3O7. The number of carbonyl (C=O) groups is 3. The van der Waals surface area contributed by atoms with Crippen LogP contribution in [0.2, 0.25) is 0 Å². The lowest BCUT2D eigenvalue weighted by Crippen LogP contribution is -2.36. The number of hydrogen-bond acceptors (Lipinski definition) is 7. The second-order valence-corrected chi connectivity index (χ2v) is 6.09. The van der Waals surface area contributed by atoms with Crippen molar-refractivity contribution in [1.29, 1.82) is 0 Å². The molecule has 3 rings (SSSR count). The van der Waals surface area contributed by atoms with Crippen LogP contribution in [-0.4, -0.2) is 52.9 Å². The third-order valence-corrected chi connectivity index (χ3v) is 4.28. The van der Waals surface area contributed by atoms with Gasteiger partial charge in [0.15, 0.2) is 12.8 Å². The van der Waals surface area contributed by atoms with Gasteiger partial charge >= 0.3 is 5.97 Å². The Hall–Kier alpha value is -3.79. The predicted molar refractivity (Wildman–Crippen MR) is 98.1 cm³/mol. The van der Waals surface area contributed by atoms with Gasteiger partial charge < -0.3 is 9.64 Å². The van der Waals surface area contributed by atoms with Crippen LogP contribution in [0, 0.1) is 10.1 Å². The number of esters is 1. The van der Waals surface area contributed by atoms with Gasteiger partial charge in [-0.2, -0.15) is 5.06 Å². The second-order valence-electron chi connectivity index (χ2n) is 6.09. The van der Waals surface area contributed by atoms with E-state index in [0.717, 1.165) is 5.06 Å². The molecule has 0 aromatic heterocycles. The summed E-state index contributed by atoms with van der Waals surface area (Å²) in [6.45, 7) is -0.872. The average molecular weight is 399 g/mol. The first kappa shape index (κ1) is 20.0. The zero-order valence-corrected chi connectivity index (χ0v) is 15.4. The molecule has 150 valence electrons. The molecule has 0 saturated carbocycles. The fraction of sp³-hybridized carbons (Fsp3) is 0.211. The van der Waals surface area contributed by atoms with Gasteiger partial charge in [0.2, 0.25) is 0 Å². The maximum Gasteiger partial charge on any atom is 0.334 e. The van der Waals surface area contributed by atoms with Gasteiger partial charge in [0.25, 0.3) is 17.5 Å². The van der Waals surface area contributed by atoms with E-state index in [1.54, 1.807) is 30.3 Å². The Morgan fingerprint density at radius 2 is 1.90 bits per heavy atom. The number of methoxy groups -OCH3 is 1. The summed E-state index contributed by atoms with van der Waals surface area (Å²) in [7, 11) is 1.17. The fourth-order valence-electron chi connectivity index (χ4n) is 2.93. The monoisotopic (exact) mass is 399 g/mol. The molecule has 0 bridgehead atoms. The maximum atomic E-state index is 13.0. The fourth-order valence-corrected chi connectivity index (χ4v) is 2.93. The number of hydroxylamine groups is 2. The van der Waals surface area contributed by atoms with Crippen LogP contribution >= 0.6 is 0 Å². The maximum absolute atomic E-state index is 13.0. The molecule has 10 heteroatoms. The minimum Gasteiger partial charge on any atom is -0.467 e. The first-order chi connectivity index (χ1) is 13.9. The van der Waals surface area contributed by atoms with Gasteiger partial charge in [0, 0.05) is 23.3 Å². The summed E-state index contributed by atoms with van der Waals surface area (Å²) in [5, 5.41) is 12.0. The first-order valence-electron chi connectivity index (χ1n) is 8.54. The third kappa shape index (κ3) is 4.22. The molecule has 1 saturated heterocycles. The molecule has 2 aromatic rings. The van der Waals surface area contributed by atoms with E-state index in [1.807, 2.05) is 0 Å². The number of benzene rings is 2. The lowest BCUT2D eigenvalue weighted by molar-refractivity contribution is -0.385. The van der Waals surface area contributed by atoms with Crippen LogP contribution in [0.25, 0.3) is 0 Å². The molecule has 0 aliphatic carbocycles. The van der Waals surface area contributed by atoms with Crippen molar-refractivity contribution < 1.29 is 28.9 Å². The topological polar surface area (TPSA) is 119 Å². The largest absolute Gasteiger partial charge is 0.467 e. The molecule has 0 N–H and O–H groups in total. The molecule has 10 nitrogen and oxygen atoms in total. The highest BCUT2D eigenvalue weighted by atomic mass is 16.7. The van der Waals surface area contributed by atoms with Crippen molar-refractivity contribution >= 4 is 23.5 Å². The van der Waals surface area contributed by atoms with Crippen LogP contribution in [0.15, 0.2) is 54.6 Å². The van der Waals surface area contributed by atoms with Crippen molar-refractivity contribution in [2.24, 2.45) is 0 Å². The van der Waals surface area contributed by atoms with Crippen molar-refractivity contribution in [3.8, 4) is 0 Å². The number of amides is 2. The summed E-state index contributed by atoms with van der Waals surface area (Å²) < 4.78 is 4.51. The van der Waals surface area contributed by atoms with Gasteiger partial charge in [-0.1, -0.05) is 30.3 Å². The standard InChI is InChI=1S/C19H17N3O7/c1-28-17(24)12-29-21-16(23)11-20(19(25)13-6-3-2-4-7-13)18(21)14-8-5-9-15(10-14)22(26)27/h2-10,18H,11-12H2,1H3/t18-/m1/s1. The summed E-state index contributed by atoms with van der Waals surface area (Å²) >= 11 is 0. The summed E-state index contributed by atoms with van der Waals surface area (Å²) in [6.07, 6.45) is -1.08. The number of non-ortho nitro benzene ring substituents is 1. The highest BCUT2D eigenvalue weighted by Crippen LogP contribution is 2.34. The molecule has 1 aliphatic heterocycles. The summed E-state index contributed by atoms with van der Waals surface area (Å²) in [5.74, 6) is -1.75. The quantitative estimate of drug-likeness (QED) is 0.412. The minimum absolute atomic E-state index is 0.207. The lowest BCUT2D eigenvalue weighted by atomic mass is 10.1. The number of nitro groups is 1. The van der Waals surface area contributed by atoms with E-state index in [0.29, 0.717) is 11.1 Å². The molecule has 0 radical (unpaired) electrons. The molecule has 1 atom stereocenters. The van der Waals surface area contributed by atoms with E-state index >= 15 is 0 Å². The Balaban J connectivity index is 1.99. The molecule has 2 amide bonds. The van der Waals surface area contributed by atoms with Crippen molar-refractivity contribution in [3.63, 3.8) is 0 Å². The Labute approximate surface area is 165 Å². The number of nitrogens with zero attached hydrogens (tertiary/aromatic N) is 3. The molecular weight excluding hydrogens is 382 g/mol. The van der Waals surface area contributed by atoms with E-state index < -0.39 is 35.5 Å². The van der Waals surface area contributed by atoms with Crippen LogP contribution in [0.5, 0.6) is 0 Å². The van der Waals surface area contributed by atoms with E-state index in [9.17, 15) is 24.5 Å². The van der Waals surface area contributed by atoms with Crippen LogP contribution in [0.1, 0.15) is 22.1 Å². The number of rotatable bonds is 6. The number of hydrogen-bond donors (Lipinski definition) is 0. The van der Waals surface area contributed by atoms with E-state index in [4.69, 9.17) is 4.84 Å². The molecule has 1 heterocycles. The summed E-state index contributed by atoms with van der Waals surface area (Å²) in [5.41, 5.74) is 0.423. The Morgan fingerprint density at radius 3 is 2.55 bits per heavy atom. The molecule has 2 aromatic carbocycles. The van der Waals surface area contributed by atoms with Crippen molar-refractivity contribution in [2.75, 3.05) is 20.3 Å². The van der Waals surface area contributed by atoms with Gasteiger partial charge in [-0.15, -0.1) is 0 Å². The van der Waals surface area contributed by atoms with Crippen LogP contribution in [0.3, 0.4) is 0 Å². The highest BCUT2D eigenvalue weighted by molar-refractivity contribution is 5.98. The van der Waals surface area contributed by atoms with E-state index in [1.165, 1.54) is 36.3 Å². The second kappa shape index (κ2) is 8.48. The zero-order valence-electron chi connectivity index (χ0n) is 15.4. The SMILES string of the molecule is COC(=O)CON1C(=O)CN(C(=O)c2ccccc2)[C@H]1c1cccc([N+](=O)[O-])c1. The molecule has 0 unspecified atom stereocenters. The predicted octanol–water partition coefficient (Wildman–Crippen LogP) is 1.68. The van der Waals surface area contributed by atoms with Gasteiger partial charge in [0.05, 0.1) is 12.0 Å². The van der Waals surface area contributed by atoms with Gasteiger partial charge in [-0.25, -0.2) is 4.79 Å². The zero-order chi connectivity index (χ0) is 21.0. The molecule has 0 spiro atoms. The van der Waals surface area contributed by atoms with Crippen LogP contribution < -0.4 is 0 Å². The molecule has 1 fully saturated rings. The smallest absolute Gasteiger partial charge is 0.334 e. The van der Waals surface area contributed by atoms with Gasteiger partial charge in [0.1, 0.15) is 6.54 Å². The van der Waals surface area contributed by atoms with Gasteiger partial charge in [-0.3, -0.25) is 24.5 Å². The lowest BCUT2D eigenvalue weighted by Gasteiger charge is -2.29. The Kier molecular flexibility index (Phi) is 5.84. The minimum atomic E-state index is -1.08. The van der Waals surface area contributed by atoms with E-state index in [-0.39, 0.29) is 12.2 Å². The number of nitro benzene ring substituents is 1. The van der Waals surface area contributed by atoms with Crippen molar-refractivity contribution in [2.45, 2.75) is 6.17 Å². The highest BCUT2D eigenvalue weighted by Gasteiger charge is 2.43. The normalized spacial score (nSPS) is 16.0. The van der Waals surface area contributed by atoms with Crippen molar-refractivity contribution in [1.82, 2.24) is 9.96 Å². The van der Waals surface area contributed by atoms with Gasteiger partial charge in [-0.05, 0) is 12.1 Å². The number of carbonyl (C=O) groups excluding carboxylic acids is 3. The summed E-state index contributed by atoms with van der Waals surface area (Å²) in [6, 6.07) is 13.8. The summed E-state index contributed by atoms with van der Waals surface area (Å²) in [4.78, 5) is 54.1. The van der Waals surface area contributed by atoms with Crippen LogP contribution in [-0.2, 0) is 19.2 Å². The molecule has 1 aliphatic rings. The Bertz CT molecular complexity index is 948. The average Bonchev–Trinajstić information content (AvgIpc) is 3.08. The van der Waals surface area contributed by atoms with Crippen LogP contribution in [0.4, 0.5) is 5.69 Å². The number of ether oxygens (including phenoxy) is 1. The third-order valence-electron chi connectivity index (χ3n) is 4.28. The van der Waals surface area contributed by atoms with E-state index in [2.05, 4.69) is 4.74 Å². The van der Waals surface area contributed by atoms with Crippen molar-refractivity contribution in [3.05, 3.63) is 75.8 Å². The Morgan fingerprint density at radius 1 is 1.17 bits per heavy atom.